The van der Waals surface area contributed by atoms with Crippen LogP contribution in [0.15, 0.2) is 23.1 Å². The highest BCUT2D eigenvalue weighted by Gasteiger charge is 2.34. The van der Waals surface area contributed by atoms with Crippen molar-refractivity contribution in [2.45, 2.75) is 17.7 Å². The van der Waals surface area contributed by atoms with Crippen molar-refractivity contribution in [3.63, 3.8) is 0 Å². The average molecular weight is 298 g/mol. The van der Waals surface area contributed by atoms with Gasteiger partial charge in [-0.15, -0.1) is 0 Å². The molecule has 0 bridgehead atoms. The molecule has 0 amide bonds. The molecule has 0 aliphatic carbocycles. The predicted molar refractivity (Wildman–Crippen MR) is 69.7 cm³/mol. The van der Waals surface area contributed by atoms with Crippen molar-refractivity contribution < 1.29 is 17.9 Å². The first-order valence-electron chi connectivity index (χ1n) is 6.30. The highest BCUT2D eigenvalue weighted by atomic mass is 32.2. The maximum Gasteiger partial charge on any atom is 0.244 e. The van der Waals surface area contributed by atoms with E-state index in [0.717, 1.165) is 6.07 Å². The highest BCUT2D eigenvalue weighted by molar-refractivity contribution is 7.89. The minimum Gasteiger partial charge on any atom is -0.396 e. The Morgan fingerprint density at radius 2 is 2.25 bits per heavy atom. The molecule has 1 aromatic rings. The van der Waals surface area contributed by atoms with Crippen LogP contribution in [0.3, 0.4) is 0 Å². The average Bonchev–Trinajstić information content (AvgIpc) is 2.88. The lowest BCUT2D eigenvalue weighted by Crippen LogP contribution is -2.29. The van der Waals surface area contributed by atoms with Crippen LogP contribution in [0.4, 0.5) is 4.39 Å². The molecule has 1 atom stereocenters. The summed E-state index contributed by atoms with van der Waals surface area (Å²) in [5.74, 6) is -0.728. The van der Waals surface area contributed by atoms with Crippen LogP contribution in [0.1, 0.15) is 18.4 Å². The summed E-state index contributed by atoms with van der Waals surface area (Å²) in [5.41, 5.74) is -0.446. The third-order valence-corrected chi connectivity index (χ3v) is 5.40. The van der Waals surface area contributed by atoms with E-state index < -0.39 is 21.4 Å². The molecule has 1 N–H and O–H groups in total. The lowest BCUT2D eigenvalue weighted by Gasteiger charge is -2.17. The van der Waals surface area contributed by atoms with Crippen LogP contribution in [0.25, 0.3) is 0 Å². The number of aliphatic hydroxyl groups is 1. The van der Waals surface area contributed by atoms with Gasteiger partial charge in [0.05, 0.1) is 0 Å². The fourth-order valence-electron chi connectivity index (χ4n) is 2.40. The molecule has 2 rings (SSSR count). The van der Waals surface area contributed by atoms with Gasteiger partial charge in [0.25, 0.3) is 0 Å². The van der Waals surface area contributed by atoms with Gasteiger partial charge in [-0.1, -0.05) is 6.07 Å². The van der Waals surface area contributed by atoms with Crippen molar-refractivity contribution in [2.75, 3.05) is 19.7 Å². The Hall–Kier alpha value is -1.49. The molecule has 1 unspecified atom stereocenters. The Morgan fingerprint density at radius 1 is 1.50 bits per heavy atom. The molecule has 20 heavy (non-hydrogen) atoms. The fourth-order valence-corrected chi connectivity index (χ4v) is 4.08. The molecule has 1 heterocycles. The monoisotopic (exact) mass is 298 g/mol. The molecule has 108 valence electrons. The summed E-state index contributed by atoms with van der Waals surface area (Å²) in [6.07, 6.45) is 1.21. The fraction of sp³-hybridized carbons (Fsp3) is 0.462. The molecule has 0 radical (unpaired) electrons. The standard InChI is InChI=1S/C13H15FN2O3S/c14-12-2-1-3-13(11(12)8-15)20(18,19)16-6-4-10(9-16)5-7-17/h1-3,10,17H,4-7,9H2. The van der Waals surface area contributed by atoms with Gasteiger partial charge in [-0.05, 0) is 30.9 Å². The van der Waals surface area contributed by atoms with Gasteiger partial charge in [0.2, 0.25) is 10.0 Å². The zero-order valence-corrected chi connectivity index (χ0v) is 11.6. The Morgan fingerprint density at radius 3 is 2.90 bits per heavy atom. The summed E-state index contributed by atoms with van der Waals surface area (Å²) in [6, 6.07) is 5.20. The van der Waals surface area contributed by atoms with Crippen molar-refractivity contribution >= 4 is 10.0 Å². The summed E-state index contributed by atoms with van der Waals surface area (Å²) in [5, 5.41) is 17.8. The van der Waals surface area contributed by atoms with Gasteiger partial charge < -0.3 is 5.11 Å². The van der Waals surface area contributed by atoms with Crippen LogP contribution in [0, 0.1) is 23.1 Å². The maximum absolute atomic E-state index is 13.5. The van der Waals surface area contributed by atoms with Gasteiger partial charge in [-0.3, -0.25) is 0 Å². The molecule has 1 aliphatic heterocycles. The van der Waals surface area contributed by atoms with Crippen LogP contribution >= 0.6 is 0 Å². The Labute approximate surface area is 117 Å². The lowest BCUT2D eigenvalue weighted by molar-refractivity contribution is 0.259. The van der Waals surface area contributed by atoms with E-state index in [1.54, 1.807) is 6.07 Å². The summed E-state index contributed by atoms with van der Waals surface area (Å²) in [6.45, 7) is 0.640. The van der Waals surface area contributed by atoms with Gasteiger partial charge in [0.15, 0.2) is 0 Å². The zero-order valence-electron chi connectivity index (χ0n) is 10.8. The van der Waals surface area contributed by atoms with E-state index >= 15 is 0 Å². The first-order chi connectivity index (χ1) is 9.50. The van der Waals surface area contributed by atoms with Crippen molar-refractivity contribution in [1.82, 2.24) is 4.31 Å². The summed E-state index contributed by atoms with van der Waals surface area (Å²) in [7, 11) is -3.87. The van der Waals surface area contributed by atoms with Crippen molar-refractivity contribution in [1.29, 1.82) is 5.26 Å². The van der Waals surface area contributed by atoms with E-state index in [2.05, 4.69) is 0 Å². The van der Waals surface area contributed by atoms with Crippen molar-refractivity contribution in [2.24, 2.45) is 5.92 Å². The normalized spacial score (nSPS) is 19.9. The van der Waals surface area contributed by atoms with Crippen LogP contribution in [0.5, 0.6) is 0 Å². The SMILES string of the molecule is N#Cc1c(F)cccc1S(=O)(=O)N1CCC(CCO)C1. The van der Waals surface area contributed by atoms with E-state index in [1.165, 1.54) is 16.4 Å². The van der Waals surface area contributed by atoms with E-state index in [1.807, 2.05) is 0 Å². The summed E-state index contributed by atoms with van der Waals surface area (Å²) >= 11 is 0. The largest absolute Gasteiger partial charge is 0.396 e. The molecular formula is C13H15FN2O3S. The second kappa shape index (κ2) is 5.87. The molecule has 5 nitrogen and oxygen atoms in total. The molecule has 0 spiro atoms. The lowest BCUT2D eigenvalue weighted by atomic mass is 10.1. The number of benzene rings is 1. The summed E-state index contributed by atoms with van der Waals surface area (Å²) < 4.78 is 39.7. The van der Waals surface area contributed by atoms with Gasteiger partial charge in [-0.2, -0.15) is 9.57 Å². The number of sulfonamides is 1. The number of aliphatic hydroxyl groups excluding tert-OH is 1. The first kappa shape index (κ1) is 14.9. The predicted octanol–water partition coefficient (Wildman–Crippen LogP) is 1.09. The highest BCUT2D eigenvalue weighted by Crippen LogP contribution is 2.28. The third-order valence-electron chi connectivity index (χ3n) is 3.49. The number of halogens is 1. The zero-order chi connectivity index (χ0) is 14.8. The smallest absolute Gasteiger partial charge is 0.244 e. The van der Waals surface area contributed by atoms with Crippen LogP contribution in [-0.4, -0.2) is 37.5 Å². The second-order valence-corrected chi connectivity index (χ2v) is 6.66. The molecule has 0 aromatic heterocycles. The Bertz CT molecular complexity index is 640. The van der Waals surface area contributed by atoms with E-state index in [9.17, 15) is 12.8 Å². The minimum atomic E-state index is -3.87. The first-order valence-corrected chi connectivity index (χ1v) is 7.74. The quantitative estimate of drug-likeness (QED) is 0.902. The molecular weight excluding hydrogens is 283 g/mol. The van der Waals surface area contributed by atoms with Gasteiger partial charge in [0.1, 0.15) is 22.3 Å². The van der Waals surface area contributed by atoms with Gasteiger partial charge in [0, 0.05) is 19.7 Å². The van der Waals surface area contributed by atoms with E-state index in [4.69, 9.17) is 10.4 Å². The maximum atomic E-state index is 13.5. The van der Waals surface area contributed by atoms with Gasteiger partial charge >= 0.3 is 0 Å². The molecule has 1 saturated heterocycles. The van der Waals surface area contributed by atoms with Crippen LogP contribution < -0.4 is 0 Å². The van der Waals surface area contributed by atoms with Crippen LogP contribution in [-0.2, 0) is 10.0 Å². The molecule has 1 fully saturated rings. The summed E-state index contributed by atoms with van der Waals surface area (Å²) in [4.78, 5) is -0.287. The molecule has 1 aliphatic rings. The van der Waals surface area contributed by atoms with Gasteiger partial charge in [-0.25, -0.2) is 12.8 Å². The van der Waals surface area contributed by atoms with Crippen molar-refractivity contribution in [3.8, 4) is 6.07 Å². The van der Waals surface area contributed by atoms with Crippen LogP contribution in [0.2, 0.25) is 0 Å². The molecule has 1 aromatic carbocycles. The number of rotatable bonds is 4. The number of nitriles is 1. The second-order valence-electron chi connectivity index (χ2n) is 4.75. The number of hydrogen-bond donors (Lipinski definition) is 1. The third kappa shape index (κ3) is 2.68. The van der Waals surface area contributed by atoms with Crippen molar-refractivity contribution in [3.05, 3.63) is 29.6 Å². The Kier molecular flexibility index (Phi) is 4.38. The molecule has 0 saturated carbocycles. The van der Waals surface area contributed by atoms with E-state index in [-0.39, 0.29) is 17.4 Å². The minimum absolute atomic E-state index is 0.0158. The number of nitrogens with zero attached hydrogens (tertiary/aromatic N) is 2. The molecule has 7 heteroatoms. The Balaban J connectivity index is 2.33. The number of hydrogen-bond acceptors (Lipinski definition) is 4. The van der Waals surface area contributed by atoms with E-state index in [0.29, 0.717) is 25.9 Å². The topological polar surface area (TPSA) is 81.4 Å².